The number of hydrogen-bond acceptors (Lipinski definition) is 3. The van der Waals surface area contributed by atoms with E-state index in [1.54, 1.807) is 13.0 Å². The molecule has 136 valence electrons. The van der Waals surface area contributed by atoms with Crippen LogP contribution in [-0.4, -0.2) is 20.9 Å². The Morgan fingerprint density at radius 3 is 2.28 bits per heavy atom. The van der Waals surface area contributed by atoms with E-state index in [-0.39, 0.29) is 27.7 Å². The molecule has 0 saturated carbocycles. The standard InChI is InChI=1S/C15H14Cl2F3N3OS/c1-7(2)21-14(25)23-8(3)4-12(22-23)24-13-10(16)5-9(6-11(13)17)15(18,19)20/h4-7H,1-3H3,(H,21,25). The molecule has 2 aromatic rings. The van der Waals surface area contributed by atoms with Gasteiger partial charge in [-0.15, -0.1) is 5.10 Å². The fraction of sp³-hybridized carbons (Fsp3) is 0.333. The lowest BCUT2D eigenvalue weighted by Gasteiger charge is -2.12. The van der Waals surface area contributed by atoms with Gasteiger partial charge in [0.1, 0.15) is 0 Å². The van der Waals surface area contributed by atoms with E-state index in [1.807, 2.05) is 13.8 Å². The number of aromatic nitrogens is 2. The van der Waals surface area contributed by atoms with Crippen molar-refractivity contribution >= 4 is 40.5 Å². The van der Waals surface area contributed by atoms with Crippen LogP contribution in [-0.2, 0) is 6.18 Å². The largest absolute Gasteiger partial charge is 0.434 e. The van der Waals surface area contributed by atoms with E-state index in [4.69, 9.17) is 40.2 Å². The van der Waals surface area contributed by atoms with Crippen LogP contribution in [0.5, 0.6) is 11.6 Å². The molecule has 10 heteroatoms. The Morgan fingerprint density at radius 2 is 1.80 bits per heavy atom. The fourth-order valence-corrected chi connectivity index (χ4v) is 2.92. The molecule has 0 atom stereocenters. The fourth-order valence-electron chi connectivity index (χ4n) is 1.94. The number of hydrogen-bond donors (Lipinski definition) is 1. The van der Waals surface area contributed by atoms with E-state index in [0.717, 1.165) is 12.1 Å². The second-order valence-electron chi connectivity index (χ2n) is 5.51. The maximum Gasteiger partial charge on any atom is 0.416 e. The third kappa shape index (κ3) is 4.77. The van der Waals surface area contributed by atoms with E-state index in [2.05, 4.69) is 10.4 Å². The molecule has 1 N–H and O–H groups in total. The molecule has 0 amide bonds. The molecule has 25 heavy (non-hydrogen) atoms. The molecule has 0 saturated heterocycles. The van der Waals surface area contributed by atoms with Crippen LogP contribution in [0.4, 0.5) is 13.2 Å². The van der Waals surface area contributed by atoms with Crippen molar-refractivity contribution in [2.24, 2.45) is 0 Å². The lowest BCUT2D eigenvalue weighted by atomic mass is 10.2. The maximum absolute atomic E-state index is 12.8. The first-order valence-electron chi connectivity index (χ1n) is 7.10. The van der Waals surface area contributed by atoms with Crippen LogP contribution in [0.1, 0.15) is 25.1 Å². The number of aryl methyl sites for hydroxylation is 1. The van der Waals surface area contributed by atoms with Crippen molar-refractivity contribution in [2.45, 2.75) is 33.0 Å². The molecule has 0 aliphatic carbocycles. The number of halogens is 5. The van der Waals surface area contributed by atoms with E-state index < -0.39 is 11.7 Å². The third-order valence-corrected chi connectivity index (χ3v) is 3.85. The molecule has 2 rings (SSSR count). The monoisotopic (exact) mass is 411 g/mol. The summed E-state index contributed by atoms with van der Waals surface area (Å²) in [5.74, 6) is -0.00214. The summed E-state index contributed by atoms with van der Waals surface area (Å²) >= 11 is 17.0. The molecular formula is C15H14Cl2F3N3OS. The van der Waals surface area contributed by atoms with Gasteiger partial charge < -0.3 is 10.1 Å². The minimum absolute atomic E-state index is 0.106. The summed E-state index contributed by atoms with van der Waals surface area (Å²) in [4.78, 5) is 0. The van der Waals surface area contributed by atoms with Crippen molar-refractivity contribution in [3.63, 3.8) is 0 Å². The Balaban J connectivity index is 2.30. The molecule has 1 heterocycles. The molecule has 0 unspecified atom stereocenters. The van der Waals surface area contributed by atoms with Crippen molar-refractivity contribution in [3.05, 3.63) is 39.5 Å². The summed E-state index contributed by atoms with van der Waals surface area (Å²) in [7, 11) is 0. The van der Waals surface area contributed by atoms with Crippen molar-refractivity contribution in [1.82, 2.24) is 15.1 Å². The quantitative estimate of drug-likeness (QED) is 0.682. The van der Waals surface area contributed by atoms with E-state index >= 15 is 0 Å². The highest BCUT2D eigenvalue weighted by Gasteiger charge is 2.32. The van der Waals surface area contributed by atoms with E-state index in [1.165, 1.54) is 4.68 Å². The first-order valence-corrected chi connectivity index (χ1v) is 8.27. The van der Waals surface area contributed by atoms with Crippen LogP contribution in [0.3, 0.4) is 0 Å². The molecule has 1 aromatic heterocycles. The Kier molecular flexibility index (Phi) is 5.86. The number of alkyl halides is 3. The third-order valence-electron chi connectivity index (χ3n) is 3.00. The van der Waals surface area contributed by atoms with Crippen LogP contribution < -0.4 is 10.1 Å². The number of nitrogens with one attached hydrogen (secondary N) is 1. The van der Waals surface area contributed by atoms with Gasteiger partial charge in [-0.05, 0) is 45.1 Å². The lowest BCUT2D eigenvalue weighted by Crippen LogP contribution is -2.34. The Hall–Kier alpha value is -1.51. The number of ether oxygens (including phenoxy) is 1. The van der Waals surface area contributed by atoms with Gasteiger partial charge >= 0.3 is 6.18 Å². The summed E-state index contributed by atoms with van der Waals surface area (Å²) < 4.78 is 45.2. The number of rotatable bonds is 3. The van der Waals surface area contributed by atoms with Gasteiger partial charge in [0.05, 0.1) is 15.6 Å². The topological polar surface area (TPSA) is 39.1 Å². The number of benzene rings is 1. The highest BCUT2D eigenvalue weighted by Crippen LogP contribution is 2.41. The zero-order valence-electron chi connectivity index (χ0n) is 13.4. The minimum atomic E-state index is -4.56. The zero-order chi connectivity index (χ0) is 18.9. The maximum atomic E-state index is 12.8. The highest BCUT2D eigenvalue weighted by molar-refractivity contribution is 7.80. The smallest absolute Gasteiger partial charge is 0.416 e. The first-order chi connectivity index (χ1) is 11.5. The van der Waals surface area contributed by atoms with Crippen molar-refractivity contribution in [1.29, 1.82) is 0 Å². The van der Waals surface area contributed by atoms with Gasteiger partial charge in [-0.3, -0.25) is 0 Å². The lowest BCUT2D eigenvalue weighted by molar-refractivity contribution is -0.137. The van der Waals surface area contributed by atoms with Gasteiger partial charge in [-0.2, -0.15) is 13.2 Å². The normalized spacial score (nSPS) is 11.7. The summed E-state index contributed by atoms with van der Waals surface area (Å²) in [5.41, 5.74) is -0.286. The van der Waals surface area contributed by atoms with Crippen molar-refractivity contribution in [3.8, 4) is 11.6 Å². The Morgan fingerprint density at radius 1 is 1.24 bits per heavy atom. The molecule has 0 fully saturated rings. The summed E-state index contributed by atoms with van der Waals surface area (Å²) in [5, 5.41) is 7.02. The zero-order valence-corrected chi connectivity index (χ0v) is 15.7. The SMILES string of the molecule is Cc1cc(Oc2c(Cl)cc(C(F)(F)F)cc2Cl)nn1C(=S)NC(C)C. The predicted octanol–water partition coefficient (Wildman–Crippen LogP) is 5.44. The van der Waals surface area contributed by atoms with Gasteiger partial charge in [0.25, 0.3) is 0 Å². The number of thiocarbonyl (C=S) groups is 1. The molecule has 0 radical (unpaired) electrons. The van der Waals surface area contributed by atoms with Crippen LogP contribution in [0.25, 0.3) is 0 Å². The van der Waals surface area contributed by atoms with E-state index in [9.17, 15) is 13.2 Å². The molecule has 4 nitrogen and oxygen atoms in total. The van der Waals surface area contributed by atoms with Crippen LogP contribution in [0, 0.1) is 6.92 Å². The average Bonchev–Trinajstić information content (AvgIpc) is 2.82. The van der Waals surface area contributed by atoms with E-state index in [0.29, 0.717) is 10.8 Å². The summed E-state index contributed by atoms with van der Waals surface area (Å²) in [6.45, 7) is 5.60. The average molecular weight is 412 g/mol. The second kappa shape index (κ2) is 7.39. The van der Waals surface area contributed by atoms with Gasteiger partial charge in [0.2, 0.25) is 5.88 Å². The molecule has 0 bridgehead atoms. The highest BCUT2D eigenvalue weighted by atomic mass is 35.5. The molecule has 0 aliphatic heterocycles. The Labute approximate surface area is 157 Å². The Bertz CT molecular complexity index is 783. The number of nitrogens with zero attached hydrogens (tertiary/aromatic N) is 2. The summed E-state index contributed by atoms with van der Waals surface area (Å²) in [6.07, 6.45) is -4.56. The van der Waals surface area contributed by atoms with Gasteiger partial charge in [0.15, 0.2) is 10.9 Å². The van der Waals surface area contributed by atoms with Crippen LogP contribution >= 0.6 is 35.4 Å². The van der Waals surface area contributed by atoms with Gasteiger partial charge in [0, 0.05) is 17.8 Å². The van der Waals surface area contributed by atoms with Crippen molar-refractivity contribution < 1.29 is 17.9 Å². The molecule has 0 spiro atoms. The minimum Gasteiger partial charge on any atom is -0.434 e. The molecule has 1 aromatic carbocycles. The predicted molar refractivity (Wildman–Crippen MR) is 94.8 cm³/mol. The summed E-state index contributed by atoms with van der Waals surface area (Å²) in [6, 6.07) is 3.17. The van der Waals surface area contributed by atoms with Gasteiger partial charge in [-0.25, -0.2) is 4.68 Å². The van der Waals surface area contributed by atoms with Crippen molar-refractivity contribution in [2.75, 3.05) is 0 Å². The van der Waals surface area contributed by atoms with Gasteiger partial charge in [-0.1, -0.05) is 23.2 Å². The molecular weight excluding hydrogens is 398 g/mol. The first kappa shape index (κ1) is 19.8. The molecule has 0 aliphatic rings. The van der Waals surface area contributed by atoms with Crippen LogP contribution in [0.15, 0.2) is 18.2 Å². The second-order valence-corrected chi connectivity index (χ2v) is 6.71. The van der Waals surface area contributed by atoms with Crippen LogP contribution in [0.2, 0.25) is 10.0 Å².